The minimum Gasteiger partial charge on any atom is -0.462 e. The molecule has 0 unspecified atom stereocenters. The monoisotopic (exact) mass is 426 g/mol. The van der Waals surface area contributed by atoms with Crippen molar-refractivity contribution in [3.63, 3.8) is 0 Å². The molecular formula is C17H19IN2O3. The van der Waals surface area contributed by atoms with Crippen LogP contribution in [-0.4, -0.2) is 23.5 Å². The molecule has 1 aromatic heterocycles. The molecule has 0 saturated carbocycles. The Bertz CT molecular complexity index is 765. The molecule has 1 aromatic carbocycles. The second-order valence-electron chi connectivity index (χ2n) is 5.26. The topological polar surface area (TPSA) is 71.2 Å². The molecule has 6 heteroatoms. The number of anilines is 1. The predicted octanol–water partition coefficient (Wildman–Crippen LogP) is 3.97. The van der Waals surface area contributed by atoms with E-state index in [0.29, 0.717) is 29.1 Å². The van der Waals surface area contributed by atoms with Gasteiger partial charge in [0.05, 0.1) is 12.2 Å². The number of hydrogen-bond donors (Lipinski definition) is 2. The summed E-state index contributed by atoms with van der Waals surface area (Å²) in [5.74, 6) is -0.686. The number of hydrogen-bond acceptors (Lipinski definition) is 3. The number of nitrogens with one attached hydrogen (secondary N) is 2. The molecule has 0 bridgehead atoms. The van der Waals surface area contributed by atoms with Crippen LogP contribution in [0.2, 0.25) is 0 Å². The molecule has 5 nitrogen and oxygen atoms in total. The van der Waals surface area contributed by atoms with E-state index in [0.717, 1.165) is 14.8 Å². The predicted molar refractivity (Wildman–Crippen MR) is 98.1 cm³/mol. The molecule has 0 radical (unpaired) electrons. The summed E-state index contributed by atoms with van der Waals surface area (Å²) in [5.41, 5.74) is 3.77. The van der Waals surface area contributed by atoms with Crippen LogP contribution in [0.3, 0.4) is 0 Å². The molecule has 2 aromatic rings. The summed E-state index contributed by atoms with van der Waals surface area (Å²) in [6, 6.07) is 5.79. The fourth-order valence-electron chi connectivity index (χ4n) is 2.44. The summed E-state index contributed by atoms with van der Waals surface area (Å²) in [6.07, 6.45) is 0. The second-order valence-corrected chi connectivity index (χ2v) is 6.50. The lowest BCUT2D eigenvalue weighted by molar-refractivity contribution is 0.0525. The SMILES string of the molecule is CCOC(=O)c1c(C)[nH]c(C(=O)Nc2ccc(I)cc2C)c1C. The van der Waals surface area contributed by atoms with Gasteiger partial charge in [0.25, 0.3) is 5.91 Å². The molecule has 1 amide bonds. The average Bonchev–Trinajstić information content (AvgIpc) is 2.77. The van der Waals surface area contributed by atoms with Crippen LogP contribution in [0.15, 0.2) is 18.2 Å². The highest BCUT2D eigenvalue weighted by molar-refractivity contribution is 14.1. The van der Waals surface area contributed by atoms with Gasteiger partial charge in [-0.2, -0.15) is 0 Å². The molecule has 0 aliphatic rings. The first kappa shape index (κ1) is 17.5. The highest BCUT2D eigenvalue weighted by Crippen LogP contribution is 2.22. The summed E-state index contributed by atoms with van der Waals surface area (Å²) < 4.78 is 6.15. The smallest absolute Gasteiger partial charge is 0.340 e. The maximum absolute atomic E-state index is 12.5. The van der Waals surface area contributed by atoms with Gasteiger partial charge in [-0.1, -0.05) is 0 Å². The molecule has 23 heavy (non-hydrogen) atoms. The summed E-state index contributed by atoms with van der Waals surface area (Å²) in [6.45, 7) is 7.49. The standard InChI is InChI=1S/C17H19IN2O3/c1-5-23-17(22)14-10(3)15(19-11(14)4)16(21)20-13-7-6-12(18)8-9(13)2/h6-8,19H,5H2,1-4H3,(H,20,21). The fourth-order valence-corrected chi connectivity index (χ4v) is 3.09. The third-order valence-corrected chi connectivity index (χ3v) is 4.25. The number of amides is 1. The van der Waals surface area contributed by atoms with Crippen molar-refractivity contribution in [2.24, 2.45) is 0 Å². The Morgan fingerprint density at radius 1 is 1.26 bits per heavy atom. The Labute approximate surface area is 149 Å². The van der Waals surface area contributed by atoms with Crippen LogP contribution in [-0.2, 0) is 4.74 Å². The first-order valence-corrected chi connectivity index (χ1v) is 8.36. The van der Waals surface area contributed by atoms with Crippen molar-refractivity contribution in [2.45, 2.75) is 27.7 Å². The van der Waals surface area contributed by atoms with E-state index >= 15 is 0 Å². The van der Waals surface area contributed by atoms with Crippen LogP contribution in [0, 0.1) is 24.3 Å². The molecular weight excluding hydrogens is 407 g/mol. The normalized spacial score (nSPS) is 10.5. The Kier molecular flexibility index (Phi) is 5.46. The maximum Gasteiger partial charge on any atom is 0.340 e. The molecule has 1 heterocycles. The third-order valence-electron chi connectivity index (χ3n) is 3.58. The first-order valence-electron chi connectivity index (χ1n) is 7.29. The van der Waals surface area contributed by atoms with Gasteiger partial charge in [-0.15, -0.1) is 0 Å². The molecule has 0 spiro atoms. The van der Waals surface area contributed by atoms with Gasteiger partial charge in [-0.3, -0.25) is 4.79 Å². The lowest BCUT2D eigenvalue weighted by atomic mass is 10.1. The minimum atomic E-state index is -0.414. The largest absolute Gasteiger partial charge is 0.462 e. The summed E-state index contributed by atoms with van der Waals surface area (Å²) >= 11 is 2.23. The number of aryl methyl sites for hydroxylation is 2. The van der Waals surface area contributed by atoms with Gasteiger partial charge < -0.3 is 15.0 Å². The fraction of sp³-hybridized carbons (Fsp3) is 0.294. The lowest BCUT2D eigenvalue weighted by Crippen LogP contribution is -2.15. The Balaban J connectivity index is 2.30. The number of aromatic nitrogens is 1. The zero-order chi connectivity index (χ0) is 17.1. The van der Waals surface area contributed by atoms with E-state index in [9.17, 15) is 9.59 Å². The quantitative estimate of drug-likeness (QED) is 0.574. The van der Waals surface area contributed by atoms with Crippen molar-refractivity contribution in [1.29, 1.82) is 0 Å². The number of H-pyrrole nitrogens is 1. The van der Waals surface area contributed by atoms with E-state index in [2.05, 4.69) is 32.9 Å². The zero-order valence-electron chi connectivity index (χ0n) is 13.5. The van der Waals surface area contributed by atoms with Crippen molar-refractivity contribution < 1.29 is 14.3 Å². The van der Waals surface area contributed by atoms with Crippen LogP contribution in [0.4, 0.5) is 5.69 Å². The van der Waals surface area contributed by atoms with E-state index in [4.69, 9.17) is 4.74 Å². The van der Waals surface area contributed by atoms with E-state index in [1.165, 1.54) is 0 Å². The third kappa shape index (κ3) is 3.74. The van der Waals surface area contributed by atoms with E-state index < -0.39 is 5.97 Å². The van der Waals surface area contributed by atoms with Gasteiger partial charge >= 0.3 is 5.97 Å². The number of aromatic amines is 1. The number of esters is 1. The van der Waals surface area contributed by atoms with E-state index in [-0.39, 0.29) is 5.91 Å². The molecule has 2 N–H and O–H groups in total. The number of carbonyl (C=O) groups excluding carboxylic acids is 2. The van der Waals surface area contributed by atoms with Crippen LogP contribution in [0.1, 0.15) is 44.6 Å². The van der Waals surface area contributed by atoms with Crippen molar-refractivity contribution in [2.75, 3.05) is 11.9 Å². The van der Waals surface area contributed by atoms with E-state index in [1.54, 1.807) is 20.8 Å². The van der Waals surface area contributed by atoms with Crippen LogP contribution in [0.25, 0.3) is 0 Å². The molecule has 0 fully saturated rings. The molecule has 122 valence electrons. The number of halogens is 1. The van der Waals surface area contributed by atoms with E-state index in [1.807, 2.05) is 25.1 Å². The summed E-state index contributed by atoms with van der Waals surface area (Å²) in [4.78, 5) is 27.5. The zero-order valence-corrected chi connectivity index (χ0v) is 15.7. The lowest BCUT2D eigenvalue weighted by Gasteiger charge is -2.08. The summed E-state index contributed by atoms with van der Waals surface area (Å²) in [5, 5.41) is 2.88. The molecule has 0 aliphatic heterocycles. The Morgan fingerprint density at radius 2 is 1.96 bits per heavy atom. The molecule has 2 rings (SSSR count). The van der Waals surface area contributed by atoms with Gasteiger partial charge in [-0.25, -0.2) is 4.79 Å². The number of ether oxygens (including phenoxy) is 1. The number of rotatable bonds is 4. The van der Waals surface area contributed by atoms with Crippen molar-refractivity contribution in [3.8, 4) is 0 Å². The van der Waals surface area contributed by atoms with Crippen molar-refractivity contribution in [3.05, 3.63) is 49.8 Å². The number of carbonyl (C=O) groups is 2. The minimum absolute atomic E-state index is 0.273. The maximum atomic E-state index is 12.5. The second kappa shape index (κ2) is 7.16. The van der Waals surface area contributed by atoms with Gasteiger partial charge in [0.1, 0.15) is 5.69 Å². The van der Waals surface area contributed by atoms with Gasteiger partial charge in [0.15, 0.2) is 0 Å². The first-order chi connectivity index (χ1) is 10.8. The van der Waals surface area contributed by atoms with Gasteiger partial charge in [0, 0.05) is 15.0 Å². The summed E-state index contributed by atoms with van der Waals surface area (Å²) in [7, 11) is 0. The molecule has 0 atom stereocenters. The van der Waals surface area contributed by atoms with Crippen LogP contribution < -0.4 is 5.32 Å². The highest BCUT2D eigenvalue weighted by Gasteiger charge is 2.23. The van der Waals surface area contributed by atoms with Crippen LogP contribution >= 0.6 is 22.6 Å². The van der Waals surface area contributed by atoms with Crippen molar-refractivity contribution >= 4 is 40.2 Å². The van der Waals surface area contributed by atoms with Crippen molar-refractivity contribution in [1.82, 2.24) is 4.98 Å². The number of benzene rings is 1. The molecule has 0 aliphatic carbocycles. The Hall–Kier alpha value is -1.83. The average molecular weight is 426 g/mol. The molecule has 0 saturated heterocycles. The van der Waals surface area contributed by atoms with Crippen LogP contribution in [0.5, 0.6) is 0 Å². The van der Waals surface area contributed by atoms with Gasteiger partial charge in [0.2, 0.25) is 0 Å². The Morgan fingerprint density at radius 3 is 2.57 bits per heavy atom. The highest BCUT2D eigenvalue weighted by atomic mass is 127. The van der Waals surface area contributed by atoms with Gasteiger partial charge in [-0.05, 0) is 79.6 Å².